The maximum absolute atomic E-state index is 4.81. The van der Waals surface area contributed by atoms with E-state index in [2.05, 4.69) is 35.8 Å². The first kappa shape index (κ1) is 13.3. The van der Waals surface area contributed by atoms with Gasteiger partial charge in [0.25, 0.3) is 0 Å². The van der Waals surface area contributed by atoms with Crippen LogP contribution in [0.4, 0.5) is 0 Å². The Hall–Kier alpha value is -2.74. The number of aromatic nitrogens is 1. The Morgan fingerprint density at radius 2 is 1.67 bits per heavy atom. The Bertz CT molecular complexity index is 873. The molecule has 1 aromatic heterocycles. The largest absolute Gasteiger partial charge is 0.259 e. The molecule has 1 heterocycles. The highest BCUT2D eigenvalue weighted by Gasteiger charge is 2.10. The molecule has 0 radical (unpaired) electrons. The molecule has 2 aromatic carbocycles. The fraction of sp³-hybridized carbons (Fsp3) is 0.0526. The predicted octanol–water partition coefficient (Wildman–Crippen LogP) is 5.01. The quantitative estimate of drug-likeness (QED) is 0.374. The second-order valence-corrected chi connectivity index (χ2v) is 4.70. The van der Waals surface area contributed by atoms with Gasteiger partial charge in [-0.15, -0.1) is 0 Å². The molecule has 2 heteroatoms. The lowest BCUT2D eigenvalue weighted by Gasteiger charge is -2.09. The summed E-state index contributed by atoms with van der Waals surface area (Å²) < 4.78 is 0. The number of aliphatic imine (C=N–C) groups is 1. The third-order valence-corrected chi connectivity index (χ3v) is 3.40. The summed E-state index contributed by atoms with van der Waals surface area (Å²) in [6.45, 7) is 5.68. The van der Waals surface area contributed by atoms with Gasteiger partial charge in [-0.2, -0.15) is 0 Å². The van der Waals surface area contributed by atoms with Gasteiger partial charge in [0.1, 0.15) is 0 Å². The maximum Gasteiger partial charge on any atom is 0.0971 e. The molecule has 3 rings (SSSR count). The molecular formula is C19H16N2. The Kier molecular flexibility index (Phi) is 3.61. The molecule has 0 amide bonds. The van der Waals surface area contributed by atoms with E-state index in [1.165, 1.54) is 5.39 Å². The summed E-state index contributed by atoms with van der Waals surface area (Å²) in [5.41, 5.74) is 2.70. The van der Waals surface area contributed by atoms with Crippen molar-refractivity contribution >= 4 is 33.6 Å². The van der Waals surface area contributed by atoms with Gasteiger partial charge in [0.2, 0.25) is 0 Å². The smallest absolute Gasteiger partial charge is 0.0971 e. The fourth-order valence-corrected chi connectivity index (χ4v) is 2.53. The highest BCUT2D eigenvalue weighted by atomic mass is 14.8. The number of pyridine rings is 1. The molecule has 0 spiro atoms. The molecule has 0 fully saturated rings. The zero-order valence-electron chi connectivity index (χ0n) is 12.0. The Morgan fingerprint density at radius 1 is 1.00 bits per heavy atom. The van der Waals surface area contributed by atoms with Crippen LogP contribution in [0.3, 0.4) is 0 Å². The summed E-state index contributed by atoms with van der Waals surface area (Å²) in [7, 11) is 0. The van der Waals surface area contributed by atoms with Gasteiger partial charge >= 0.3 is 0 Å². The molecule has 0 saturated carbocycles. The lowest BCUT2D eigenvalue weighted by molar-refractivity contribution is 1.35. The Morgan fingerprint density at radius 3 is 2.38 bits per heavy atom. The average Bonchev–Trinajstić information content (AvgIpc) is 2.54. The minimum atomic E-state index is 0.828. The highest BCUT2D eigenvalue weighted by Crippen LogP contribution is 2.30. The van der Waals surface area contributed by atoms with Crippen LogP contribution in [-0.4, -0.2) is 11.2 Å². The van der Waals surface area contributed by atoms with Crippen LogP contribution in [0.5, 0.6) is 0 Å². The first-order valence-corrected chi connectivity index (χ1v) is 6.94. The van der Waals surface area contributed by atoms with E-state index in [0.29, 0.717) is 0 Å². The van der Waals surface area contributed by atoms with Crippen LogP contribution in [-0.2, 0) is 0 Å². The van der Waals surface area contributed by atoms with Crippen LogP contribution in [0.2, 0.25) is 0 Å². The standard InChI is InChI=1S/C19H16N2/c1-3-9-18(20-4-2)19-16-12-6-5-10-14(16)15-11-7-8-13-17(15)21-19/h3-13H,1H2,2H3/b18-9-,20-4?. The minimum Gasteiger partial charge on any atom is -0.259 e. The van der Waals surface area contributed by atoms with Crippen molar-refractivity contribution in [3.63, 3.8) is 0 Å². The van der Waals surface area contributed by atoms with Crippen LogP contribution in [0, 0.1) is 0 Å². The fourth-order valence-electron chi connectivity index (χ4n) is 2.53. The number of rotatable bonds is 3. The van der Waals surface area contributed by atoms with Crippen molar-refractivity contribution in [3.05, 3.63) is 73.0 Å². The van der Waals surface area contributed by atoms with E-state index in [1.54, 1.807) is 12.3 Å². The lowest BCUT2D eigenvalue weighted by Crippen LogP contribution is -1.92. The molecule has 21 heavy (non-hydrogen) atoms. The van der Waals surface area contributed by atoms with E-state index in [9.17, 15) is 0 Å². The van der Waals surface area contributed by atoms with Gasteiger partial charge in [-0.25, -0.2) is 4.98 Å². The number of fused-ring (bicyclic) bond motifs is 3. The van der Waals surface area contributed by atoms with Crippen LogP contribution in [0.1, 0.15) is 12.6 Å². The third-order valence-electron chi connectivity index (χ3n) is 3.40. The van der Waals surface area contributed by atoms with Crippen LogP contribution < -0.4 is 0 Å². The van der Waals surface area contributed by atoms with Crippen molar-refractivity contribution in [3.8, 4) is 0 Å². The normalized spacial score (nSPS) is 12.3. The zero-order chi connectivity index (χ0) is 14.7. The summed E-state index contributed by atoms with van der Waals surface area (Å²) in [5.74, 6) is 0. The Balaban J connectivity index is 2.45. The van der Waals surface area contributed by atoms with E-state index < -0.39 is 0 Å². The van der Waals surface area contributed by atoms with Gasteiger partial charge in [0.05, 0.1) is 16.9 Å². The SMILES string of the molecule is C=C/C=C(\N=CC)c1nc2ccccc2c2ccccc12. The zero-order valence-corrected chi connectivity index (χ0v) is 12.0. The lowest BCUT2D eigenvalue weighted by atomic mass is 10.0. The number of allylic oxidation sites excluding steroid dienone is 2. The third kappa shape index (κ3) is 2.36. The van der Waals surface area contributed by atoms with Crippen LogP contribution >= 0.6 is 0 Å². The van der Waals surface area contributed by atoms with Crippen LogP contribution in [0.25, 0.3) is 27.4 Å². The summed E-state index contributed by atoms with van der Waals surface area (Å²) in [6, 6.07) is 16.5. The van der Waals surface area contributed by atoms with Crippen molar-refractivity contribution in [2.45, 2.75) is 6.92 Å². The summed E-state index contributed by atoms with van der Waals surface area (Å²) in [4.78, 5) is 9.25. The molecule has 3 aromatic rings. The van der Waals surface area contributed by atoms with Gasteiger partial charge in [-0.3, -0.25) is 4.99 Å². The summed E-state index contributed by atoms with van der Waals surface area (Å²) in [5, 5.41) is 3.46. The van der Waals surface area contributed by atoms with Crippen LogP contribution in [0.15, 0.2) is 72.3 Å². The summed E-state index contributed by atoms with van der Waals surface area (Å²) >= 11 is 0. The molecule has 0 bridgehead atoms. The number of hydrogen-bond donors (Lipinski definition) is 0. The number of para-hydroxylation sites is 1. The molecule has 0 aliphatic rings. The van der Waals surface area contributed by atoms with E-state index in [-0.39, 0.29) is 0 Å². The van der Waals surface area contributed by atoms with E-state index in [0.717, 1.165) is 27.7 Å². The van der Waals surface area contributed by atoms with Crippen molar-refractivity contribution in [1.29, 1.82) is 0 Å². The van der Waals surface area contributed by atoms with Crippen molar-refractivity contribution in [2.75, 3.05) is 0 Å². The molecule has 0 aliphatic carbocycles. The second kappa shape index (κ2) is 5.71. The molecule has 0 unspecified atom stereocenters. The number of nitrogens with zero attached hydrogens (tertiary/aromatic N) is 2. The average molecular weight is 272 g/mol. The molecular weight excluding hydrogens is 256 g/mol. The molecule has 0 N–H and O–H groups in total. The topological polar surface area (TPSA) is 25.2 Å². The first-order chi connectivity index (χ1) is 10.3. The monoisotopic (exact) mass is 272 g/mol. The summed E-state index contributed by atoms with van der Waals surface area (Å²) in [6.07, 6.45) is 5.42. The van der Waals surface area contributed by atoms with Gasteiger partial charge in [0, 0.05) is 17.0 Å². The van der Waals surface area contributed by atoms with Crippen molar-refractivity contribution in [1.82, 2.24) is 4.98 Å². The van der Waals surface area contributed by atoms with E-state index in [1.807, 2.05) is 37.3 Å². The molecule has 0 atom stereocenters. The molecule has 102 valence electrons. The van der Waals surface area contributed by atoms with Gasteiger partial charge < -0.3 is 0 Å². The van der Waals surface area contributed by atoms with Crippen molar-refractivity contribution in [2.24, 2.45) is 4.99 Å². The second-order valence-electron chi connectivity index (χ2n) is 4.70. The molecule has 2 nitrogen and oxygen atoms in total. The van der Waals surface area contributed by atoms with E-state index in [4.69, 9.17) is 4.98 Å². The van der Waals surface area contributed by atoms with Gasteiger partial charge in [0.15, 0.2) is 0 Å². The highest BCUT2D eigenvalue weighted by molar-refractivity contribution is 6.09. The minimum absolute atomic E-state index is 0.828. The predicted molar refractivity (Wildman–Crippen MR) is 91.6 cm³/mol. The Labute approximate surface area is 124 Å². The number of hydrogen-bond acceptors (Lipinski definition) is 2. The molecule has 0 aliphatic heterocycles. The van der Waals surface area contributed by atoms with Crippen molar-refractivity contribution < 1.29 is 0 Å². The maximum atomic E-state index is 4.81. The first-order valence-electron chi connectivity index (χ1n) is 6.94. The number of benzene rings is 2. The molecule has 0 saturated heterocycles. The van der Waals surface area contributed by atoms with Gasteiger partial charge in [-0.1, -0.05) is 55.1 Å². The van der Waals surface area contributed by atoms with E-state index >= 15 is 0 Å². The van der Waals surface area contributed by atoms with Gasteiger partial charge in [-0.05, 0) is 24.5 Å².